The van der Waals surface area contributed by atoms with Crippen LogP contribution in [0.25, 0.3) is 33.1 Å². The van der Waals surface area contributed by atoms with Crippen LogP contribution in [0.5, 0.6) is 0 Å². The summed E-state index contributed by atoms with van der Waals surface area (Å²) < 4.78 is 2.28. The molecule has 0 bridgehead atoms. The van der Waals surface area contributed by atoms with E-state index >= 15 is 0 Å². The van der Waals surface area contributed by atoms with Crippen LogP contribution in [-0.4, -0.2) is 14.5 Å². The summed E-state index contributed by atoms with van der Waals surface area (Å²) in [5, 5.41) is 1.16. The molecule has 0 atom stereocenters. The van der Waals surface area contributed by atoms with Gasteiger partial charge in [0.2, 0.25) is 0 Å². The lowest BCUT2D eigenvalue weighted by Crippen LogP contribution is -2.02. The van der Waals surface area contributed by atoms with Crippen LogP contribution in [-0.2, 0) is 6.54 Å². The second-order valence-electron chi connectivity index (χ2n) is 6.41. The summed E-state index contributed by atoms with van der Waals surface area (Å²) in [6, 6.07) is 25.0. The number of aryl methyl sites for hydroxylation is 1. The van der Waals surface area contributed by atoms with Crippen molar-refractivity contribution < 1.29 is 0 Å². The van der Waals surface area contributed by atoms with Crippen LogP contribution in [0.4, 0.5) is 0 Å². The third kappa shape index (κ3) is 2.20. The minimum atomic E-state index is 0.795. The van der Waals surface area contributed by atoms with Crippen molar-refractivity contribution in [3.05, 3.63) is 83.9 Å². The molecule has 5 rings (SSSR count). The standard InChI is InChI=1S/C22H17N3/c1-15-8-2-3-9-16(15)14-25-20-13-7-4-10-17(20)21-22(25)24-19-12-6-5-11-18(19)23-21/h2-13H,14H2,1H3. The quantitative estimate of drug-likeness (QED) is 0.453. The first-order valence-corrected chi connectivity index (χ1v) is 8.49. The Labute approximate surface area is 145 Å². The Morgan fingerprint density at radius 1 is 0.760 bits per heavy atom. The Morgan fingerprint density at radius 3 is 2.28 bits per heavy atom. The molecule has 0 spiro atoms. The smallest absolute Gasteiger partial charge is 0.160 e. The van der Waals surface area contributed by atoms with Crippen molar-refractivity contribution in [3.8, 4) is 0 Å². The summed E-state index contributed by atoms with van der Waals surface area (Å²) >= 11 is 0. The van der Waals surface area contributed by atoms with E-state index in [1.54, 1.807) is 0 Å². The number of hydrogen-bond donors (Lipinski definition) is 0. The molecular weight excluding hydrogens is 306 g/mol. The summed E-state index contributed by atoms with van der Waals surface area (Å²) in [7, 11) is 0. The number of aromatic nitrogens is 3. The lowest BCUT2D eigenvalue weighted by Gasteiger charge is -2.09. The molecule has 3 aromatic carbocycles. The van der Waals surface area contributed by atoms with Gasteiger partial charge in [-0.1, -0.05) is 54.6 Å². The number of nitrogens with zero attached hydrogens (tertiary/aromatic N) is 3. The van der Waals surface area contributed by atoms with Crippen LogP contribution in [0, 0.1) is 6.92 Å². The summed E-state index contributed by atoms with van der Waals surface area (Å²) in [6.45, 7) is 2.95. The zero-order valence-electron chi connectivity index (χ0n) is 14.0. The van der Waals surface area contributed by atoms with Gasteiger partial charge in [0.15, 0.2) is 5.65 Å². The summed E-state index contributed by atoms with van der Waals surface area (Å²) in [5.74, 6) is 0. The molecule has 120 valence electrons. The number of fused-ring (bicyclic) bond motifs is 4. The fraction of sp³-hybridized carbons (Fsp3) is 0.0909. The maximum Gasteiger partial charge on any atom is 0.160 e. The van der Waals surface area contributed by atoms with E-state index < -0.39 is 0 Å². The fourth-order valence-corrected chi connectivity index (χ4v) is 3.50. The highest BCUT2D eigenvalue weighted by molar-refractivity contribution is 6.06. The molecule has 0 aliphatic heterocycles. The Hall–Kier alpha value is -3.20. The van der Waals surface area contributed by atoms with E-state index in [0.29, 0.717) is 0 Å². The third-order valence-electron chi connectivity index (χ3n) is 4.85. The first-order valence-electron chi connectivity index (χ1n) is 8.49. The van der Waals surface area contributed by atoms with Gasteiger partial charge in [-0.15, -0.1) is 0 Å². The number of hydrogen-bond acceptors (Lipinski definition) is 2. The Kier molecular flexibility index (Phi) is 3.07. The van der Waals surface area contributed by atoms with Crippen molar-refractivity contribution in [1.29, 1.82) is 0 Å². The maximum atomic E-state index is 4.94. The highest BCUT2D eigenvalue weighted by Gasteiger charge is 2.14. The van der Waals surface area contributed by atoms with Crippen LogP contribution in [0.15, 0.2) is 72.8 Å². The second-order valence-corrected chi connectivity index (χ2v) is 6.41. The van der Waals surface area contributed by atoms with Crippen molar-refractivity contribution in [3.63, 3.8) is 0 Å². The minimum absolute atomic E-state index is 0.795. The van der Waals surface area contributed by atoms with Crippen molar-refractivity contribution in [2.75, 3.05) is 0 Å². The summed E-state index contributed by atoms with van der Waals surface area (Å²) in [4.78, 5) is 9.85. The van der Waals surface area contributed by atoms with Gasteiger partial charge in [-0.2, -0.15) is 0 Å². The zero-order chi connectivity index (χ0) is 16.8. The van der Waals surface area contributed by atoms with Crippen molar-refractivity contribution in [1.82, 2.24) is 14.5 Å². The Balaban J connectivity index is 1.86. The Bertz CT molecular complexity index is 1230. The number of para-hydroxylation sites is 3. The molecule has 2 heterocycles. The highest BCUT2D eigenvalue weighted by Crippen LogP contribution is 2.29. The largest absolute Gasteiger partial charge is 0.319 e. The fourth-order valence-electron chi connectivity index (χ4n) is 3.50. The van der Waals surface area contributed by atoms with Crippen LogP contribution >= 0.6 is 0 Å². The molecule has 0 saturated heterocycles. The first-order chi connectivity index (χ1) is 12.3. The molecular formula is C22H17N3. The van der Waals surface area contributed by atoms with Gasteiger partial charge in [0.25, 0.3) is 0 Å². The molecule has 2 aromatic heterocycles. The van der Waals surface area contributed by atoms with Gasteiger partial charge in [-0.25, -0.2) is 9.97 Å². The topological polar surface area (TPSA) is 30.7 Å². The van der Waals surface area contributed by atoms with E-state index in [1.165, 1.54) is 16.6 Å². The molecule has 0 fully saturated rings. The summed E-state index contributed by atoms with van der Waals surface area (Å²) in [6.07, 6.45) is 0. The number of benzene rings is 3. The molecule has 5 aromatic rings. The monoisotopic (exact) mass is 323 g/mol. The van der Waals surface area contributed by atoms with Crippen molar-refractivity contribution in [2.45, 2.75) is 13.5 Å². The van der Waals surface area contributed by atoms with Crippen molar-refractivity contribution in [2.24, 2.45) is 0 Å². The van der Waals surface area contributed by atoms with Crippen LogP contribution in [0.1, 0.15) is 11.1 Å². The molecule has 0 amide bonds. The van der Waals surface area contributed by atoms with Crippen LogP contribution in [0.3, 0.4) is 0 Å². The van der Waals surface area contributed by atoms with E-state index in [-0.39, 0.29) is 0 Å². The van der Waals surface area contributed by atoms with E-state index in [9.17, 15) is 0 Å². The van der Waals surface area contributed by atoms with E-state index in [2.05, 4.69) is 60.0 Å². The van der Waals surface area contributed by atoms with Gasteiger partial charge in [0.1, 0.15) is 5.52 Å². The second kappa shape index (κ2) is 5.42. The normalized spacial score (nSPS) is 11.6. The number of rotatable bonds is 2. The van der Waals surface area contributed by atoms with Gasteiger partial charge in [-0.3, -0.25) is 0 Å². The van der Waals surface area contributed by atoms with E-state index in [1.807, 2.05) is 24.3 Å². The minimum Gasteiger partial charge on any atom is -0.319 e. The first kappa shape index (κ1) is 14.2. The lowest BCUT2D eigenvalue weighted by atomic mass is 10.1. The summed E-state index contributed by atoms with van der Waals surface area (Å²) in [5.41, 5.74) is 7.57. The zero-order valence-corrected chi connectivity index (χ0v) is 14.0. The Morgan fingerprint density at radius 2 is 1.44 bits per heavy atom. The molecule has 0 aliphatic rings. The molecule has 25 heavy (non-hydrogen) atoms. The lowest BCUT2D eigenvalue weighted by molar-refractivity contribution is 0.850. The maximum absolute atomic E-state index is 4.94. The van der Waals surface area contributed by atoms with Gasteiger partial charge < -0.3 is 4.57 Å². The third-order valence-corrected chi connectivity index (χ3v) is 4.85. The molecule has 0 saturated carbocycles. The molecule has 0 aliphatic carbocycles. The predicted molar refractivity (Wildman–Crippen MR) is 103 cm³/mol. The average molecular weight is 323 g/mol. The SMILES string of the molecule is Cc1ccccc1Cn1c2ccccc2c2nc3ccccc3nc21. The molecule has 0 radical (unpaired) electrons. The molecule has 3 heteroatoms. The molecule has 0 N–H and O–H groups in total. The highest BCUT2D eigenvalue weighted by atomic mass is 15.1. The van der Waals surface area contributed by atoms with Gasteiger partial charge in [-0.05, 0) is 36.2 Å². The molecule has 0 unspecified atom stereocenters. The van der Waals surface area contributed by atoms with Gasteiger partial charge in [0.05, 0.1) is 16.6 Å². The van der Waals surface area contributed by atoms with Crippen LogP contribution < -0.4 is 0 Å². The molecule has 3 nitrogen and oxygen atoms in total. The van der Waals surface area contributed by atoms with Crippen LogP contribution in [0.2, 0.25) is 0 Å². The predicted octanol–water partition coefficient (Wildman–Crippen LogP) is 5.09. The average Bonchev–Trinajstić information content (AvgIpc) is 2.95. The van der Waals surface area contributed by atoms with Crippen molar-refractivity contribution >= 4 is 33.1 Å². The van der Waals surface area contributed by atoms with Gasteiger partial charge >= 0.3 is 0 Å². The van der Waals surface area contributed by atoms with E-state index in [0.717, 1.165) is 34.1 Å². The van der Waals surface area contributed by atoms with Gasteiger partial charge in [0, 0.05) is 11.9 Å². The van der Waals surface area contributed by atoms with E-state index in [4.69, 9.17) is 9.97 Å².